The Morgan fingerprint density at radius 3 is 2.50 bits per heavy atom. The molecule has 6 heteroatoms. The van der Waals surface area contributed by atoms with E-state index in [0.29, 0.717) is 6.42 Å². The Bertz CT molecular complexity index is 436. The van der Waals surface area contributed by atoms with Gasteiger partial charge < -0.3 is 15.5 Å². The van der Waals surface area contributed by atoms with Gasteiger partial charge in [-0.05, 0) is 31.2 Å². The number of amides is 1. The van der Waals surface area contributed by atoms with Crippen LogP contribution < -0.4 is 5.32 Å². The number of rotatable bonds is 8. The van der Waals surface area contributed by atoms with E-state index in [-0.39, 0.29) is 12.3 Å². The van der Waals surface area contributed by atoms with Crippen molar-refractivity contribution < 1.29 is 19.8 Å². The van der Waals surface area contributed by atoms with Crippen LogP contribution in [0.4, 0.5) is 0 Å². The lowest BCUT2D eigenvalue weighted by Gasteiger charge is -2.16. The molecule has 0 heterocycles. The number of carboxylic acid groups (broad SMARTS) is 1. The molecule has 0 bridgehead atoms. The third-order valence-corrected chi connectivity index (χ3v) is 3.72. The smallest absolute Gasteiger partial charge is 0.328 e. The highest BCUT2D eigenvalue weighted by Gasteiger charge is 2.24. The number of aliphatic hydroxyl groups is 1. The number of hydrogen-bond donors (Lipinski definition) is 3. The van der Waals surface area contributed by atoms with Gasteiger partial charge in [-0.1, -0.05) is 18.2 Å². The standard InChI is InChI=1S/C14H19NO4S/c1-10(16)13(14(18)19)15-12(17)8-5-9-20-11-6-3-2-4-7-11/h2-4,6-7,10,13,16H,5,8-9H2,1H3,(H,15,17)(H,18,19)/t10-,13+/m1/s1. The topological polar surface area (TPSA) is 86.6 Å². The van der Waals surface area contributed by atoms with Crippen LogP contribution in [0.25, 0.3) is 0 Å². The van der Waals surface area contributed by atoms with Crippen LogP contribution in [-0.4, -0.2) is 40.0 Å². The molecule has 0 saturated heterocycles. The summed E-state index contributed by atoms with van der Waals surface area (Å²) >= 11 is 1.65. The molecule has 0 fully saturated rings. The van der Waals surface area contributed by atoms with Crippen molar-refractivity contribution in [2.24, 2.45) is 0 Å². The lowest BCUT2D eigenvalue weighted by molar-refractivity contribution is -0.144. The van der Waals surface area contributed by atoms with Crippen molar-refractivity contribution in [2.75, 3.05) is 5.75 Å². The van der Waals surface area contributed by atoms with Gasteiger partial charge in [0.15, 0.2) is 6.04 Å². The van der Waals surface area contributed by atoms with E-state index in [1.54, 1.807) is 11.8 Å². The van der Waals surface area contributed by atoms with Gasteiger partial charge in [0.05, 0.1) is 6.10 Å². The molecule has 0 aliphatic rings. The quantitative estimate of drug-likeness (QED) is 0.500. The Hall–Kier alpha value is -1.53. The van der Waals surface area contributed by atoms with Gasteiger partial charge in [0.2, 0.25) is 5.91 Å². The molecule has 1 aromatic rings. The summed E-state index contributed by atoms with van der Waals surface area (Å²) in [5.74, 6) is -0.803. The van der Waals surface area contributed by atoms with Gasteiger partial charge in [0.25, 0.3) is 0 Å². The number of benzene rings is 1. The Morgan fingerprint density at radius 1 is 1.30 bits per heavy atom. The van der Waals surface area contributed by atoms with Crippen LogP contribution >= 0.6 is 11.8 Å². The number of thioether (sulfide) groups is 1. The lowest BCUT2D eigenvalue weighted by Crippen LogP contribution is -2.47. The fourth-order valence-electron chi connectivity index (χ4n) is 1.57. The number of carbonyl (C=O) groups is 2. The minimum absolute atomic E-state index is 0.246. The lowest BCUT2D eigenvalue weighted by atomic mass is 10.2. The first-order valence-corrected chi connectivity index (χ1v) is 7.37. The molecule has 2 atom stereocenters. The average Bonchev–Trinajstić information content (AvgIpc) is 2.41. The summed E-state index contributed by atoms with van der Waals surface area (Å²) in [6.07, 6.45) is -0.219. The molecular weight excluding hydrogens is 278 g/mol. The second-order valence-corrected chi connectivity index (χ2v) is 5.56. The Morgan fingerprint density at radius 2 is 1.95 bits per heavy atom. The van der Waals surface area contributed by atoms with Crippen LogP contribution in [-0.2, 0) is 9.59 Å². The Labute approximate surface area is 122 Å². The van der Waals surface area contributed by atoms with Crippen LogP contribution in [0.1, 0.15) is 19.8 Å². The molecule has 0 saturated carbocycles. The molecule has 20 heavy (non-hydrogen) atoms. The van der Waals surface area contributed by atoms with Gasteiger partial charge in [0.1, 0.15) is 0 Å². The maximum atomic E-state index is 11.6. The molecule has 0 aliphatic heterocycles. The van der Waals surface area contributed by atoms with Gasteiger partial charge in [0, 0.05) is 11.3 Å². The first-order valence-electron chi connectivity index (χ1n) is 6.39. The van der Waals surface area contributed by atoms with Gasteiger partial charge in [-0.3, -0.25) is 4.79 Å². The first kappa shape index (κ1) is 16.5. The molecule has 0 aromatic heterocycles. The van der Waals surface area contributed by atoms with Crippen molar-refractivity contribution in [1.29, 1.82) is 0 Å². The number of carboxylic acids is 1. The van der Waals surface area contributed by atoms with Crippen molar-refractivity contribution in [3.05, 3.63) is 30.3 Å². The van der Waals surface area contributed by atoms with E-state index in [1.165, 1.54) is 6.92 Å². The summed E-state index contributed by atoms with van der Waals surface area (Å²) in [6, 6.07) is 8.60. The first-order chi connectivity index (χ1) is 9.50. The van der Waals surface area contributed by atoms with E-state index < -0.39 is 18.1 Å². The summed E-state index contributed by atoms with van der Waals surface area (Å²) in [5, 5.41) is 20.4. The average molecular weight is 297 g/mol. The fraction of sp³-hybridized carbons (Fsp3) is 0.429. The van der Waals surface area contributed by atoms with Gasteiger partial charge in [-0.2, -0.15) is 0 Å². The van der Waals surface area contributed by atoms with E-state index >= 15 is 0 Å². The maximum absolute atomic E-state index is 11.6. The minimum Gasteiger partial charge on any atom is -0.480 e. The van der Waals surface area contributed by atoms with Crippen LogP contribution in [0.5, 0.6) is 0 Å². The highest BCUT2D eigenvalue weighted by Crippen LogP contribution is 2.18. The molecule has 1 rings (SSSR count). The van der Waals surface area contributed by atoms with Crippen LogP contribution in [0.2, 0.25) is 0 Å². The molecule has 0 unspecified atom stereocenters. The fourth-order valence-corrected chi connectivity index (χ4v) is 2.45. The largest absolute Gasteiger partial charge is 0.480 e. The monoisotopic (exact) mass is 297 g/mol. The predicted molar refractivity (Wildman–Crippen MR) is 77.6 cm³/mol. The minimum atomic E-state index is -1.25. The normalized spacial score (nSPS) is 13.5. The van der Waals surface area contributed by atoms with Crippen molar-refractivity contribution in [3.8, 4) is 0 Å². The molecule has 0 aliphatic carbocycles. The highest BCUT2D eigenvalue weighted by molar-refractivity contribution is 7.99. The van der Waals surface area contributed by atoms with Crippen molar-refractivity contribution in [2.45, 2.75) is 36.8 Å². The zero-order chi connectivity index (χ0) is 15.0. The molecule has 0 spiro atoms. The zero-order valence-corrected chi connectivity index (χ0v) is 12.1. The molecule has 0 radical (unpaired) electrons. The number of carbonyl (C=O) groups excluding carboxylic acids is 1. The molecular formula is C14H19NO4S. The molecule has 1 aromatic carbocycles. The molecule has 3 N–H and O–H groups in total. The number of aliphatic hydroxyl groups excluding tert-OH is 1. The van der Waals surface area contributed by atoms with Crippen molar-refractivity contribution in [3.63, 3.8) is 0 Å². The Kier molecular flexibility index (Phi) is 7.11. The number of nitrogens with one attached hydrogen (secondary N) is 1. The second kappa shape index (κ2) is 8.60. The summed E-state index contributed by atoms with van der Waals surface area (Å²) < 4.78 is 0. The van der Waals surface area contributed by atoms with Crippen molar-refractivity contribution >= 4 is 23.6 Å². The third kappa shape index (κ3) is 6.08. The van der Waals surface area contributed by atoms with E-state index in [1.807, 2.05) is 30.3 Å². The van der Waals surface area contributed by atoms with E-state index in [4.69, 9.17) is 5.11 Å². The van der Waals surface area contributed by atoms with Crippen molar-refractivity contribution in [1.82, 2.24) is 5.32 Å². The van der Waals surface area contributed by atoms with E-state index in [0.717, 1.165) is 10.6 Å². The zero-order valence-electron chi connectivity index (χ0n) is 11.3. The van der Waals surface area contributed by atoms with Gasteiger partial charge >= 0.3 is 5.97 Å². The molecule has 5 nitrogen and oxygen atoms in total. The second-order valence-electron chi connectivity index (χ2n) is 4.39. The molecule has 110 valence electrons. The summed E-state index contributed by atoms with van der Waals surface area (Å²) in [6.45, 7) is 1.34. The summed E-state index contributed by atoms with van der Waals surface area (Å²) in [7, 11) is 0. The Balaban J connectivity index is 2.24. The number of aliphatic carboxylic acids is 1. The molecule has 1 amide bonds. The maximum Gasteiger partial charge on any atom is 0.328 e. The highest BCUT2D eigenvalue weighted by atomic mass is 32.2. The van der Waals surface area contributed by atoms with Gasteiger partial charge in [-0.25, -0.2) is 4.79 Å². The van der Waals surface area contributed by atoms with E-state index in [9.17, 15) is 14.7 Å². The predicted octanol–water partition coefficient (Wildman–Crippen LogP) is 1.51. The van der Waals surface area contributed by atoms with Crippen LogP contribution in [0, 0.1) is 0 Å². The van der Waals surface area contributed by atoms with Gasteiger partial charge in [-0.15, -0.1) is 11.8 Å². The number of hydrogen-bond acceptors (Lipinski definition) is 4. The van der Waals surface area contributed by atoms with Crippen LogP contribution in [0.15, 0.2) is 35.2 Å². The third-order valence-electron chi connectivity index (χ3n) is 2.63. The van der Waals surface area contributed by atoms with E-state index in [2.05, 4.69) is 5.32 Å². The summed E-state index contributed by atoms with van der Waals surface area (Å²) in [5.41, 5.74) is 0. The SMILES string of the molecule is C[C@@H](O)[C@H](NC(=O)CCCSc1ccccc1)C(=O)O. The van der Waals surface area contributed by atoms with Crippen LogP contribution in [0.3, 0.4) is 0 Å². The summed E-state index contributed by atoms with van der Waals surface area (Å²) in [4.78, 5) is 23.5.